The monoisotopic (exact) mass is 293 g/mol. The zero-order valence-corrected chi connectivity index (χ0v) is 12.0. The number of aromatic nitrogens is 2. The SMILES string of the molecule is C[C@@H](NC(=O)c1cc2ccccc2[nH]c1=O)c1ccccn1. The van der Waals surface area contributed by atoms with Gasteiger partial charge in [0.05, 0.1) is 11.7 Å². The first-order chi connectivity index (χ1) is 10.6. The van der Waals surface area contributed by atoms with Crippen molar-refractivity contribution < 1.29 is 4.79 Å². The minimum absolute atomic E-state index is 0.0986. The molecule has 1 amide bonds. The quantitative estimate of drug-likeness (QED) is 0.778. The van der Waals surface area contributed by atoms with Crippen LogP contribution in [0.4, 0.5) is 0 Å². The smallest absolute Gasteiger partial charge is 0.261 e. The van der Waals surface area contributed by atoms with Crippen LogP contribution in [0.15, 0.2) is 59.5 Å². The van der Waals surface area contributed by atoms with Crippen LogP contribution >= 0.6 is 0 Å². The average molecular weight is 293 g/mol. The van der Waals surface area contributed by atoms with E-state index >= 15 is 0 Å². The van der Waals surface area contributed by atoms with E-state index in [9.17, 15) is 9.59 Å². The Morgan fingerprint density at radius 2 is 1.95 bits per heavy atom. The molecule has 0 saturated carbocycles. The van der Waals surface area contributed by atoms with Gasteiger partial charge in [0.2, 0.25) is 0 Å². The molecular formula is C17H15N3O2. The fourth-order valence-electron chi connectivity index (χ4n) is 2.30. The summed E-state index contributed by atoms with van der Waals surface area (Å²) in [4.78, 5) is 31.3. The lowest BCUT2D eigenvalue weighted by atomic mass is 10.1. The van der Waals surface area contributed by atoms with E-state index in [4.69, 9.17) is 0 Å². The van der Waals surface area contributed by atoms with Crippen molar-refractivity contribution in [3.63, 3.8) is 0 Å². The number of rotatable bonds is 3. The largest absolute Gasteiger partial charge is 0.344 e. The molecule has 0 spiro atoms. The van der Waals surface area contributed by atoms with Crippen LogP contribution in [-0.4, -0.2) is 15.9 Å². The number of benzene rings is 1. The van der Waals surface area contributed by atoms with Gasteiger partial charge in [-0.05, 0) is 36.6 Å². The fraction of sp³-hybridized carbons (Fsp3) is 0.118. The highest BCUT2D eigenvalue weighted by atomic mass is 16.2. The Morgan fingerprint density at radius 1 is 1.18 bits per heavy atom. The maximum atomic E-state index is 12.3. The van der Waals surface area contributed by atoms with Gasteiger partial charge in [-0.25, -0.2) is 0 Å². The number of nitrogens with one attached hydrogen (secondary N) is 2. The second-order valence-electron chi connectivity index (χ2n) is 5.05. The normalized spacial score (nSPS) is 12.0. The predicted molar refractivity (Wildman–Crippen MR) is 84.7 cm³/mol. The average Bonchev–Trinajstić information content (AvgIpc) is 2.54. The van der Waals surface area contributed by atoms with Gasteiger partial charge in [-0.2, -0.15) is 0 Å². The summed E-state index contributed by atoms with van der Waals surface area (Å²) in [6, 6.07) is 14.2. The number of carbonyl (C=O) groups excluding carboxylic acids is 1. The van der Waals surface area contributed by atoms with Crippen LogP contribution in [0.2, 0.25) is 0 Å². The number of fused-ring (bicyclic) bond motifs is 1. The van der Waals surface area contributed by atoms with E-state index in [0.29, 0.717) is 5.52 Å². The summed E-state index contributed by atoms with van der Waals surface area (Å²) >= 11 is 0. The van der Waals surface area contributed by atoms with Crippen molar-refractivity contribution in [2.24, 2.45) is 0 Å². The molecule has 110 valence electrons. The molecule has 1 aromatic carbocycles. The highest BCUT2D eigenvalue weighted by Crippen LogP contribution is 2.12. The first-order valence-electron chi connectivity index (χ1n) is 6.99. The van der Waals surface area contributed by atoms with Crippen molar-refractivity contribution in [3.8, 4) is 0 Å². The maximum absolute atomic E-state index is 12.3. The number of hydrogen-bond acceptors (Lipinski definition) is 3. The molecule has 0 aliphatic heterocycles. The molecule has 1 atom stereocenters. The van der Waals surface area contributed by atoms with E-state index in [-0.39, 0.29) is 11.6 Å². The maximum Gasteiger partial charge on any atom is 0.261 e. The number of para-hydroxylation sites is 1. The molecule has 3 aromatic rings. The number of H-pyrrole nitrogens is 1. The molecule has 0 radical (unpaired) electrons. The van der Waals surface area contributed by atoms with Crippen LogP contribution in [-0.2, 0) is 0 Å². The van der Waals surface area contributed by atoms with Gasteiger partial charge in [0.25, 0.3) is 11.5 Å². The minimum Gasteiger partial charge on any atom is -0.344 e. The molecule has 3 rings (SSSR count). The Kier molecular flexibility index (Phi) is 3.70. The van der Waals surface area contributed by atoms with E-state index in [2.05, 4.69) is 15.3 Å². The molecule has 0 saturated heterocycles. The number of aromatic amines is 1. The van der Waals surface area contributed by atoms with Crippen LogP contribution in [0.25, 0.3) is 10.9 Å². The van der Waals surface area contributed by atoms with Gasteiger partial charge in [-0.3, -0.25) is 14.6 Å². The third-order valence-electron chi connectivity index (χ3n) is 3.48. The highest BCUT2D eigenvalue weighted by Gasteiger charge is 2.15. The van der Waals surface area contributed by atoms with Crippen molar-refractivity contribution in [2.45, 2.75) is 13.0 Å². The van der Waals surface area contributed by atoms with E-state index in [1.54, 1.807) is 18.3 Å². The zero-order chi connectivity index (χ0) is 15.5. The van der Waals surface area contributed by atoms with E-state index in [0.717, 1.165) is 11.1 Å². The first-order valence-corrected chi connectivity index (χ1v) is 6.99. The Balaban J connectivity index is 1.89. The topological polar surface area (TPSA) is 74.8 Å². The number of nitrogens with zero attached hydrogens (tertiary/aromatic N) is 1. The van der Waals surface area contributed by atoms with Crippen molar-refractivity contribution in [1.82, 2.24) is 15.3 Å². The van der Waals surface area contributed by atoms with Gasteiger partial charge >= 0.3 is 0 Å². The Hall–Kier alpha value is -2.95. The molecule has 2 heterocycles. The zero-order valence-electron chi connectivity index (χ0n) is 12.0. The van der Waals surface area contributed by atoms with Crippen LogP contribution in [0.1, 0.15) is 29.0 Å². The van der Waals surface area contributed by atoms with Crippen molar-refractivity contribution in [1.29, 1.82) is 0 Å². The summed E-state index contributed by atoms with van der Waals surface area (Å²) in [7, 11) is 0. The predicted octanol–water partition coefficient (Wildman–Crippen LogP) is 2.41. The number of carbonyl (C=O) groups is 1. The molecule has 0 unspecified atom stereocenters. The van der Waals surface area contributed by atoms with Crippen molar-refractivity contribution >= 4 is 16.8 Å². The molecule has 2 N–H and O–H groups in total. The van der Waals surface area contributed by atoms with Crippen LogP contribution in [0, 0.1) is 0 Å². The van der Waals surface area contributed by atoms with Crippen LogP contribution in [0.3, 0.4) is 0 Å². The van der Waals surface area contributed by atoms with E-state index < -0.39 is 11.5 Å². The molecule has 2 aromatic heterocycles. The summed E-state index contributed by atoms with van der Waals surface area (Å²) in [6.45, 7) is 1.83. The van der Waals surface area contributed by atoms with Gasteiger partial charge in [-0.1, -0.05) is 24.3 Å². The van der Waals surface area contributed by atoms with E-state index in [1.165, 1.54) is 0 Å². The molecule has 0 fully saturated rings. The number of pyridine rings is 2. The number of amides is 1. The van der Waals surface area contributed by atoms with Gasteiger partial charge < -0.3 is 10.3 Å². The third kappa shape index (κ3) is 2.74. The second-order valence-corrected chi connectivity index (χ2v) is 5.05. The molecule has 5 nitrogen and oxygen atoms in total. The van der Waals surface area contributed by atoms with Gasteiger partial charge in [0, 0.05) is 11.7 Å². The van der Waals surface area contributed by atoms with E-state index in [1.807, 2.05) is 43.3 Å². The standard InChI is InChI=1S/C17H15N3O2/c1-11(14-7-4-5-9-18-14)19-16(21)13-10-12-6-2-3-8-15(12)20-17(13)22/h2-11H,1H3,(H,19,21)(H,20,22)/t11-/m1/s1. The third-order valence-corrected chi connectivity index (χ3v) is 3.48. The second kappa shape index (κ2) is 5.81. The number of hydrogen-bond donors (Lipinski definition) is 2. The summed E-state index contributed by atoms with van der Waals surface area (Å²) in [6.07, 6.45) is 1.67. The molecule has 0 aliphatic rings. The lowest BCUT2D eigenvalue weighted by Gasteiger charge is -2.13. The lowest BCUT2D eigenvalue weighted by Crippen LogP contribution is -2.31. The Labute approximate surface area is 127 Å². The summed E-state index contributed by atoms with van der Waals surface area (Å²) in [5.41, 5.74) is 1.15. The van der Waals surface area contributed by atoms with Gasteiger partial charge in [0.1, 0.15) is 5.56 Å². The molecule has 0 aliphatic carbocycles. The van der Waals surface area contributed by atoms with Crippen LogP contribution < -0.4 is 10.9 Å². The van der Waals surface area contributed by atoms with Crippen molar-refractivity contribution in [3.05, 3.63) is 76.3 Å². The molecule has 0 bridgehead atoms. The lowest BCUT2D eigenvalue weighted by molar-refractivity contribution is 0.0938. The van der Waals surface area contributed by atoms with Crippen LogP contribution in [0.5, 0.6) is 0 Å². The molecular weight excluding hydrogens is 278 g/mol. The Bertz CT molecular complexity index is 872. The van der Waals surface area contributed by atoms with Gasteiger partial charge in [0.15, 0.2) is 0 Å². The summed E-state index contributed by atoms with van der Waals surface area (Å²) in [5.74, 6) is -0.412. The molecule has 5 heteroatoms. The Morgan fingerprint density at radius 3 is 2.73 bits per heavy atom. The van der Waals surface area contributed by atoms with Crippen molar-refractivity contribution in [2.75, 3.05) is 0 Å². The molecule has 22 heavy (non-hydrogen) atoms. The first kappa shape index (κ1) is 14.0. The highest BCUT2D eigenvalue weighted by molar-refractivity contribution is 5.97. The summed E-state index contributed by atoms with van der Waals surface area (Å²) in [5, 5.41) is 3.61. The minimum atomic E-state index is -0.412. The fourth-order valence-corrected chi connectivity index (χ4v) is 2.30. The summed E-state index contributed by atoms with van der Waals surface area (Å²) < 4.78 is 0. The van der Waals surface area contributed by atoms with Gasteiger partial charge in [-0.15, -0.1) is 0 Å².